The summed E-state index contributed by atoms with van der Waals surface area (Å²) >= 11 is 0. The number of aliphatic hydroxyl groups is 1. The summed E-state index contributed by atoms with van der Waals surface area (Å²) in [7, 11) is -4.78. The van der Waals surface area contributed by atoms with Crippen LogP contribution in [-0.2, 0) is 42.2 Å². The van der Waals surface area contributed by atoms with Crippen molar-refractivity contribution in [2.24, 2.45) is 0 Å². The normalized spacial score (nSPS) is 14.2. The van der Waals surface area contributed by atoms with Crippen molar-refractivity contribution < 1.29 is 52.2 Å². The first kappa shape index (κ1) is 70.1. The molecule has 3 atom stereocenters. The Labute approximate surface area is 450 Å². The van der Waals surface area contributed by atoms with Crippen molar-refractivity contribution in [1.82, 2.24) is 0 Å². The van der Waals surface area contributed by atoms with Crippen molar-refractivity contribution >= 4 is 25.7 Å². The molecule has 3 unspecified atom stereocenters. The van der Waals surface area contributed by atoms with Gasteiger partial charge in [0.15, 0.2) is 6.10 Å². The summed E-state index contributed by atoms with van der Waals surface area (Å²) in [5.41, 5.74) is 0. The van der Waals surface area contributed by atoms with Crippen LogP contribution in [0.15, 0.2) is 109 Å². The lowest BCUT2D eigenvalue weighted by atomic mass is 10.0. The molecule has 0 bridgehead atoms. The lowest BCUT2D eigenvalue weighted by Crippen LogP contribution is -2.30. The van der Waals surface area contributed by atoms with Crippen LogP contribution in [-0.4, -0.2) is 66.5 Å². The number of phosphoric acid groups is 1. The molecule has 0 aromatic heterocycles. The second-order valence-electron chi connectivity index (χ2n) is 18.7. The zero-order valence-corrected chi connectivity index (χ0v) is 47.4. The number of hydrogen-bond donors (Lipinski definition) is 2. The molecule has 0 saturated heterocycles. The van der Waals surface area contributed by atoms with Crippen LogP contribution < -0.4 is 0 Å². The molecule has 0 aliphatic heterocycles. The highest BCUT2D eigenvalue weighted by Crippen LogP contribution is 2.43. The Morgan fingerprint density at radius 2 is 0.730 bits per heavy atom. The Morgan fingerprint density at radius 1 is 0.392 bits per heavy atom. The first-order valence-corrected chi connectivity index (χ1v) is 30.3. The molecule has 0 saturated carbocycles. The predicted molar refractivity (Wildman–Crippen MR) is 307 cm³/mol. The number of esters is 3. The van der Waals surface area contributed by atoms with Crippen LogP contribution in [0.1, 0.15) is 226 Å². The molecular formula is C62H103O11P. The smallest absolute Gasteiger partial charge is 0.462 e. The van der Waals surface area contributed by atoms with Gasteiger partial charge < -0.3 is 24.2 Å². The highest BCUT2D eigenvalue weighted by Gasteiger charge is 2.28. The van der Waals surface area contributed by atoms with Gasteiger partial charge in [0.25, 0.3) is 0 Å². The van der Waals surface area contributed by atoms with E-state index in [9.17, 15) is 28.9 Å². The minimum Gasteiger partial charge on any atom is -0.462 e. The summed E-state index contributed by atoms with van der Waals surface area (Å²) in [6.45, 7) is 4.27. The van der Waals surface area contributed by atoms with E-state index in [1.165, 1.54) is 83.5 Å². The van der Waals surface area contributed by atoms with E-state index in [4.69, 9.17) is 23.3 Å². The fourth-order valence-electron chi connectivity index (χ4n) is 7.41. The Morgan fingerprint density at radius 3 is 1.15 bits per heavy atom. The van der Waals surface area contributed by atoms with Crippen LogP contribution in [0.3, 0.4) is 0 Å². The molecule has 0 radical (unpaired) electrons. The topological polar surface area (TPSA) is 155 Å². The van der Waals surface area contributed by atoms with E-state index in [0.29, 0.717) is 25.7 Å². The van der Waals surface area contributed by atoms with Gasteiger partial charge in [0.05, 0.1) is 19.8 Å². The van der Waals surface area contributed by atoms with Crippen LogP contribution in [0.25, 0.3) is 0 Å². The maximum Gasteiger partial charge on any atom is 0.472 e. The third-order valence-electron chi connectivity index (χ3n) is 11.7. The van der Waals surface area contributed by atoms with Gasteiger partial charge in [-0.15, -0.1) is 0 Å². The van der Waals surface area contributed by atoms with Gasteiger partial charge in [0, 0.05) is 19.3 Å². The number of aliphatic hydroxyl groups excluding tert-OH is 1. The molecule has 0 aromatic carbocycles. The maximum atomic E-state index is 12.9. The lowest BCUT2D eigenvalue weighted by Gasteiger charge is -2.21. The van der Waals surface area contributed by atoms with Gasteiger partial charge >= 0.3 is 25.7 Å². The van der Waals surface area contributed by atoms with Crippen LogP contribution in [0.4, 0.5) is 0 Å². The van der Waals surface area contributed by atoms with E-state index in [1.807, 2.05) is 24.3 Å². The predicted octanol–water partition coefficient (Wildman–Crippen LogP) is 17.0. The van der Waals surface area contributed by atoms with Crippen LogP contribution in [0, 0.1) is 0 Å². The van der Waals surface area contributed by atoms with Crippen molar-refractivity contribution in [3.8, 4) is 0 Å². The minimum atomic E-state index is -4.78. The molecule has 12 heteroatoms. The number of carbonyl (C=O) groups excluding carboxylic acids is 3. The van der Waals surface area contributed by atoms with Crippen LogP contribution in [0.5, 0.6) is 0 Å². The molecule has 422 valence electrons. The van der Waals surface area contributed by atoms with E-state index in [1.54, 1.807) is 0 Å². The average Bonchev–Trinajstić information content (AvgIpc) is 3.39. The van der Waals surface area contributed by atoms with E-state index >= 15 is 0 Å². The van der Waals surface area contributed by atoms with Crippen LogP contribution >= 0.6 is 7.82 Å². The van der Waals surface area contributed by atoms with Gasteiger partial charge in [0.2, 0.25) is 0 Å². The Hall–Kier alpha value is -3.86. The van der Waals surface area contributed by atoms with Crippen LogP contribution in [0.2, 0.25) is 0 Å². The molecule has 0 aromatic rings. The molecule has 0 heterocycles. The minimum absolute atomic E-state index is 0.0483. The third kappa shape index (κ3) is 53.0. The standard InChI is InChI=1S/C62H103O11P/c1-4-7-10-13-16-19-22-25-27-29-31-34-36-39-42-45-48-51-60(64)69-55-59(73-62(66)53-50-47-44-41-38-35-32-30-28-26-23-20-17-14-11-8-5-2)57-71-74(67,68)70-56-58(54-63)72-61(65)52-49-46-43-40-37-33-24-21-18-15-12-9-6-3/h7,9-10,12,16,18-19,21,25,27,31,33-34,37,39,42-43,46,58-59,63H,4-6,8,11,13-15,17,20,22-24,26,28-30,32,35-36,38,40-41,44-45,47-57H2,1-3H3,(H,67,68)/b10-7-,12-9-,19-16-,21-18-,27-25-,34-31-,37-33-,42-39-,46-43-. The van der Waals surface area contributed by atoms with Gasteiger partial charge in [-0.05, 0) is 83.5 Å². The molecule has 2 N–H and O–H groups in total. The quantitative estimate of drug-likeness (QED) is 0.0197. The first-order valence-electron chi connectivity index (χ1n) is 28.8. The highest BCUT2D eigenvalue weighted by atomic mass is 31.2. The van der Waals surface area contributed by atoms with Gasteiger partial charge in [0.1, 0.15) is 12.7 Å². The molecule has 0 aliphatic rings. The van der Waals surface area contributed by atoms with Crippen molar-refractivity contribution in [2.45, 2.75) is 238 Å². The average molecular weight is 1060 g/mol. The van der Waals surface area contributed by atoms with E-state index < -0.39 is 57.8 Å². The third-order valence-corrected chi connectivity index (χ3v) is 12.7. The van der Waals surface area contributed by atoms with Gasteiger partial charge in [-0.3, -0.25) is 23.4 Å². The second-order valence-corrected chi connectivity index (χ2v) is 20.1. The summed E-state index contributed by atoms with van der Waals surface area (Å²) < 4.78 is 39.4. The van der Waals surface area contributed by atoms with E-state index in [2.05, 4.69) is 106 Å². The molecule has 0 fully saturated rings. The summed E-state index contributed by atoms with van der Waals surface area (Å²) in [5.74, 6) is -1.63. The zero-order valence-electron chi connectivity index (χ0n) is 46.5. The Bertz CT molecular complexity index is 1660. The zero-order chi connectivity index (χ0) is 54.1. The summed E-state index contributed by atoms with van der Waals surface area (Å²) in [5, 5.41) is 9.79. The molecule has 0 amide bonds. The largest absolute Gasteiger partial charge is 0.472 e. The number of hydrogen-bond acceptors (Lipinski definition) is 10. The number of phosphoric ester groups is 1. The fraction of sp³-hybridized carbons (Fsp3) is 0.661. The van der Waals surface area contributed by atoms with Gasteiger partial charge in [-0.25, -0.2) is 4.57 Å². The summed E-state index contributed by atoms with van der Waals surface area (Å²) in [6.07, 6.45) is 66.5. The molecule has 0 rings (SSSR count). The monoisotopic (exact) mass is 1050 g/mol. The Balaban J connectivity index is 4.86. The number of carbonyl (C=O) groups is 3. The van der Waals surface area contributed by atoms with Gasteiger partial charge in [-0.2, -0.15) is 0 Å². The number of allylic oxidation sites excluding steroid dienone is 18. The van der Waals surface area contributed by atoms with Crippen molar-refractivity contribution in [3.63, 3.8) is 0 Å². The number of unbranched alkanes of at least 4 members (excludes halogenated alkanes) is 17. The van der Waals surface area contributed by atoms with Crippen molar-refractivity contribution in [2.75, 3.05) is 26.4 Å². The maximum absolute atomic E-state index is 12.9. The van der Waals surface area contributed by atoms with Gasteiger partial charge in [-0.1, -0.05) is 233 Å². The van der Waals surface area contributed by atoms with Crippen molar-refractivity contribution in [3.05, 3.63) is 109 Å². The summed E-state index contributed by atoms with van der Waals surface area (Å²) in [4.78, 5) is 48.5. The molecular weight excluding hydrogens is 952 g/mol. The second kappa shape index (κ2) is 55.4. The first-order chi connectivity index (χ1) is 36.2. The number of rotatable bonds is 52. The summed E-state index contributed by atoms with van der Waals surface area (Å²) in [6, 6.07) is 0. The fourth-order valence-corrected chi connectivity index (χ4v) is 8.19. The molecule has 74 heavy (non-hydrogen) atoms. The van der Waals surface area contributed by atoms with E-state index in [0.717, 1.165) is 77.0 Å². The Kier molecular flexibility index (Phi) is 52.5. The lowest BCUT2D eigenvalue weighted by molar-refractivity contribution is -0.161. The number of ether oxygens (including phenoxy) is 3. The molecule has 0 spiro atoms. The molecule has 0 aliphatic carbocycles. The molecule has 11 nitrogen and oxygen atoms in total. The SMILES string of the molecule is CC/C=C\C/C=C\C/C=C\C/C=C\C/C=C\CCCC(=O)OCC(COP(=O)(O)OCC(CO)OC(=O)CC/C=C\C/C=C\C/C=C\C/C=C\CC)OC(=O)CCCCCCCCCCCCCCCCCCC. The van der Waals surface area contributed by atoms with E-state index in [-0.39, 0.29) is 25.9 Å². The van der Waals surface area contributed by atoms with Crippen molar-refractivity contribution in [1.29, 1.82) is 0 Å². The highest BCUT2D eigenvalue weighted by molar-refractivity contribution is 7.47.